The molecular weight excluding hydrogens is 516 g/mol. The Morgan fingerprint density at radius 3 is 1.93 bits per heavy atom. The lowest BCUT2D eigenvalue weighted by molar-refractivity contribution is -0.138. The Bertz CT molecular complexity index is 1530. The lowest BCUT2D eigenvalue weighted by atomic mass is 10.0. The van der Waals surface area contributed by atoms with Gasteiger partial charge in [0.1, 0.15) is 18.6 Å². The fourth-order valence-electron chi connectivity index (χ4n) is 4.57. The summed E-state index contributed by atoms with van der Waals surface area (Å²) < 4.78 is 0. The van der Waals surface area contributed by atoms with E-state index in [4.69, 9.17) is 10.8 Å². The number of carbonyl (C=O) groups is 4. The number of benzene rings is 2. The number of aliphatic hydroxyl groups excluding tert-OH is 1. The van der Waals surface area contributed by atoms with E-state index in [1.807, 2.05) is 48.5 Å². The average molecular weight is 549 g/mol. The highest BCUT2D eigenvalue weighted by atomic mass is 16.4. The van der Waals surface area contributed by atoms with Crippen molar-refractivity contribution in [3.8, 4) is 0 Å². The Balaban J connectivity index is 1.47. The van der Waals surface area contributed by atoms with Gasteiger partial charge in [0, 0.05) is 40.6 Å². The van der Waals surface area contributed by atoms with E-state index in [1.54, 1.807) is 12.4 Å². The average Bonchev–Trinajstić information content (AvgIpc) is 3.53. The van der Waals surface area contributed by atoms with Gasteiger partial charge in [-0.3, -0.25) is 19.2 Å². The van der Waals surface area contributed by atoms with Gasteiger partial charge in [-0.2, -0.15) is 0 Å². The first-order valence-corrected chi connectivity index (χ1v) is 12.8. The molecule has 0 aliphatic carbocycles. The van der Waals surface area contributed by atoms with Crippen LogP contribution in [0.4, 0.5) is 0 Å². The summed E-state index contributed by atoms with van der Waals surface area (Å²) in [7, 11) is 0. The van der Waals surface area contributed by atoms with Crippen LogP contribution < -0.4 is 21.7 Å². The molecule has 4 unspecified atom stereocenters. The van der Waals surface area contributed by atoms with E-state index in [1.165, 1.54) is 6.92 Å². The highest BCUT2D eigenvalue weighted by Crippen LogP contribution is 2.20. The minimum Gasteiger partial charge on any atom is -0.480 e. The lowest BCUT2D eigenvalue weighted by Gasteiger charge is -2.25. The molecule has 0 radical (unpaired) electrons. The molecule has 0 aliphatic rings. The number of aromatic nitrogens is 2. The van der Waals surface area contributed by atoms with Crippen LogP contribution in [0, 0.1) is 0 Å². The Hall–Kier alpha value is -4.68. The standard InChI is InChI=1S/C28H32N6O6/c1-15(35)25(34-26(38)20(29)10-16-12-30-21-8-4-2-6-18(16)21)28(40)33-23(27(39)32-14-24(36)37)11-17-13-31-22-9-5-3-7-19(17)22/h2-9,12-13,15,20,23,25,30-31,35H,10-11,14,29H2,1H3,(H,32,39)(H,33,40)(H,34,38)(H,36,37). The molecule has 0 saturated heterocycles. The predicted molar refractivity (Wildman–Crippen MR) is 148 cm³/mol. The Morgan fingerprint density at radius 2 is 1.38 bits per heavy atom. The molecule has 9 N–H and O–H groups in total. The van der Waals surface area contributed by atoms with Gasteiger partial charge in [-0.05, 0) is 36.6 Å². The van der Waals surface area contributed by atoms with Crippen LogP contribution in [0.25, 0.3) is 21.8 Å². The third-order valence-corrected chi connectivity index (χ3v) is 6.66. The maximum Gasteiger partial charge on any atom is 0.322 e. The van der Waals surface area contributed by atoms with E-state index in [-0.39, 0.29) is 12.8 Å². The van der Waals surface area contributed by atoms with Gasteiger partial charge in [0.05, 0.1) is 12.1 Å². The van der Waals surface area contributed by atoms with Gasteiger partial charge in [0.15, 0.2) is 0 Å². The molecule has 0 spiro atoms. The van der Waals surface area contributed by atoms with E-state index in [9.17, 15) is 24.3 Å². The van der Waals surface area contributed by atoms with Crippen LogP contribution in [0.15, 0.2) is 60.9 Å². The van der Waals surface area contributed by atoms with E-state index in [2.05, 4.69) is 25.9 Å². The number of rotatable bonds is 12. The number of aromatic amines is 2. The number of hydrogen-bond donors (Lipinski definition) is 8. The van der Waals surface area contributed by atoms with Crippen LogP contribution in [0.3, 0.4) is 0 Å². The van der Waals surface area contributed by atoms with Crippen LogP contribution in [0.1, 0.15) is 18.1 Å². The molecule has 0 bridgehead atoms. The largest absolute Gasteiger partial charge is 0.480 e. The van der Waals surface area contributed by atoms with Crippen molar-refractivity contribution >= 4 is 45.5 Å². The lowest BCUT2D eigenvalue weighted by Crippen LogP contribution is -2.59. The van der Waals surface area contributed by atoms with Crippen molar-refractivity contribution in [1.82, 2.24) is 25.9 Å². The van der Waals surface area contributed by atoms with E-state index in [0.29, 0.717) is 5.56 Å². The third kappa shape index (κ3) is 6.65. The molecule has 0 fully saturated rings. The minimum atomic E-state index is -1.42. The highest BCUT2D eigenvalue weighted by molar-refractivity contribution is 5.95. The van der Waals surface area contributed by atoms with Crippen LogP contribution in [0.2, 0.25) is 0 Å². The van der Waals surface area contributed by atoms with Gasteiger partial charge in [-0.1, -0.05) is 36.4 Å². The topological polar surface area (TPSA) is 202 Å². The van der Waals surface area contributed by atoms with Crippen LogP contribution in [0.5, 0.6) is 0 Å². The summed E-state index contributed by atoms with van der Waals surface area (Å²) in [6.45, 7) is 0.688. The number of carboxylic acid groups (broad SMARTS) is 1. The first-order chi connectivity index (χ1) is 19.1. The molecule has 4 rings (SSSR count). The number of para-hydroxylation sites is 2. The molecule has 0 aliphatic heterocycles. The number of aliphatic carboxylic acids is 1. The summed E-state index contributed by atoms with van der Waals surface area (Å²) >= 11 is 0. The molecule has 4 aromatic rings. The first-order valence-electron chi connectivity index (χ1n) is 12.8. The number of aliphatic hydroxyl groups is 1. The van der Waals surface area contributed by atoms with E-state index >= 15 is 0 Å². The third-order valence-electron chi connectivity index (χ3n) is 6.66. The zero-order valence-electron chi connectivity index (χ0n) is 21.8. The predicted octanol–water partition coefficient (Wildman–Crippen LogP) is 0.313. The van der Waals surface area contributed by atoms with Gasteiger partial charge in [0.25, 0.3) is 0 Å². The summed E-state index contributed by atoms with van der Waals surface area (Å²) in [4.78, 5) is 56.3. The second-order valence-electron chi connectivity index (χ2n) is 9.63. The number of carbonyl (C=O) groups excluding carboxylic acids is 3. The van der Waals surface area contributed by atoms with Gasteiger partial charge < -0.3 is 41.9 Å². The monoisotopic (exact) mass is 548 g/mol. The molecule has 210 valence electrons. The van der Waals surface area contributed by atoms with Crippen molar-refractivity contribution < 1.29 is 29.4 Å². The van der Waals surface area contributed by atoms with Crippen molar-refractivity contribution in [2.45, 2.75) is 44.0 Å². The fraction of sp³-hybridized carbons (Fsp3) is 0.286. The Kier molecular flexibility index (Phi) is 8.82. The summed E-state index contributed by atoms with van der Waals surface area (Å²) in [6.07, 6.45) is 2.36. The number of nitrogens with two attached hydrogens (primary N) is 1. The molecule has 4 atom stereocenters. The number of carboxylic acids is 1. The molecule has 12 nitrogen and oxygen atoms in total. The van der Waals surface area contributed by atoms with Crippen molar-refractivity contribution in [2.75, 3.05) is 6.54 Å². The summed E-state index contributed by atoms with van der Waals surface area (Å²) in [5.41, 5.74) is 9.41. The summed E-state index contributed by atoms with van der Waals surface area (Å²) in [5.74, 6) is -3.45. The zero-order valence-corrected chi connectivity index (χ0v) is 21.8. The molecule has 3 amide bonds. The maximum atomic E-state index is 13.2. The molecule has 40 heavy (non-hydrogen) atoms. The summed E-state index contributed by atoms with van der Waals surface area (Å²) in [5, 5.41) is 28.4. The molecule has 12 heteroatoms. The number of fused-ring (bicyclic) bond motifs is 2. The number of nitrogens with one attached hydrogen (secondary N) is 5. The number of H-pyrrole nitrogens is 2. The number of amides is 3. The molecule has 2 aromatic carbocycles. The van der Waals surface area contributed by atoms with Crippen molar-refractivity contribution in [1.29, 1.82) is 0 Å². The fourth-order valence-corrected chi connectivity index (χ4v) is 4.57. The van der Waals surface area contributed by atoms with Crippen LogP contribution in [-0.2, 0) is 32.0 Å². The Labute approximate surface area is 229 Å². The molecule has 2 aromatic heterocycles. The van der Waals surface area contributed by atoms with Crippen molar-refractivity contribution in [3.63, 3.8) is 0 Å². The highest BCUT2D eigenvalue weighted by Gasteiger charge is 2.32. The molecular formula is C28H32N6O6. The maximum absolute atomic E-state index is 13.2. The smallest absolute Gasteiger partial charge is 0.322 e. The van der Waals surface area contributed by atoms with Gasteiger partial charge in [-0.25, -0.2) is 0 Å². The van der Waals surface area contributed by atoms with E-state index < -0.39 is 54.5 Å². The van der Waals surface area contributed by atoms with Gasteiger partial charge in [-0.15, -0.1) is 0 Å². The van der Waals surface area contributed by atoms with Gasteiger partial charge in [0.2, 0.25) is 17.7 Å². The normalized spacial score (nSPS) is 14.3. The van der Waals surface area contributed by atoms with Crippen molar-refractivity contribution in [3.05, 3.63) is 72.1 Å². The van der Waals surface area contributed by atoms with Crippen LogP contribution in [-0.4, -0.2) is 74.6 Å². The quantitative estimate of drug-likeness (QED) is 0.124. The summed E-state index contributed by atoms with van der Waals surface area (Å²) in [6, 6.07) is 11.3. The number of hydrogen-bond acceptors (Lipinski definition) is 6. The zero-order chi connectivity index (χ0) is 28.8. The van der Waals surface area contributed by atoms with E-state index in [0.717, 1.165) is 27.4 Å². The molecule has 2 heterocycles. The second-order valence-corrected chi connectivity index (χ2v) is 9.63. The second kappa shape index (κ2) is 12.5. The van der Waals surface area contributed by atoms with Gasteiger partial charge >= 0.3 is 5.97 Å². The minimum absolute atomic E-state index is 0.0295. The van der Waals surface area contributed by atoms with Crippen LogP contribution >= 0.6 is 0 Å². The SMILES string of the molecule is CC(O)C(NC(=O)C(N)Cc1c[nH]c2ccccc12)C(=O)NC(Cc1c[nH]c2ccccc12)C(=O)NCC(=O)O. The first kappa shape index (κ1) is 28.3. The van der Waals surface area contributed by atoms with Crippen molar-refractivity contribution in [2.24, 2.45) is 5.73 Å². The molecule has 0 saturated carbocycles. The Morgan fingerprint density at radius 1 is 0.825 bits per heavy atom.